The summed E-state index contributed by atoms with van der Waals surface area (Å²) in [5.41, 5.74) is 0. The summed E-state index contributed by atoms with van der Waals surface area (Å²) in [5, 5.41) is -2.34. The van der Waals surface area contributed by atoms with Crippen molar-refractivity contribution in [3.05, 3.63) is 0 Å². The van der Waals surface area contributed by atoms with Crippen LogP contribution >= 0.6 is 0 Å². The highest BCUT2D eigenvalue weighted by Crippen LogP contribution is 2.51. The lowest BCUT2D eigenvalue weighted by Crippen LogP contribution is -2.70. The van der Waals surface area contributed by atoms with E-state index in [2.05, 4.69) is 271 Å². The molecule has 35 nitrogen and oxygen atoms in total. The molecule has 862 valence electrons. The highest BCUT2D eigenvalue weighted by atomic mass is 28.4. The molecule has 0 amide bonds. The van der Waals surface area contributed by atoms with Crippen LogP contribution in [0.2, 0.25) is 145 Å². The van der Waals surface area contributed by atoms with Gasteiger partial charge in [-0.25, -0.2) is 0 Å². The van der Waals surface area contributed by atoms with Gasteiger partial charge < -0.3 is 163 Å². The van der Waals surface area contributed by atoms with Gasteiger partial charge in [-0.2, -0.15) is 0 Å². The Morgan fingerprint density at radius 1 is 0.144 bits per heavy atom. The van der Waals surface area contributed by atoms with E-state index in [4.69, 9.17) is 163 Å². The number of methoxy groups -OCH3 is 13. The first-order chi connectivity index (χ1) is 66.9. The molecule has 0 radical (unpaired) electrons. The molecule has 0 aromatic heterocycles. The molecule has 21 fully saturated rings. The minimum Gasteiger partial charge on any atom is -0.414 e. The summed E-state index contributed by atoms with van der Waals surface area (Å²) in [5.74, 6) is 0. The molecule has 35 atom stereocenters. The molecule has 21 aliphatic rings. The summed E-state index contributed by atoms with van der Waals surface area (Å²) < 4.78 is 256. The second-order valence-corrected chi connectivity index (χ2v) is 91.9. The molecule has 14 bridgehead atoms. The zero-order chi connectivity index (χ0) is 111. The first kappa shape index (κ1) is 131. The average Bonchev–Trinajstić information content (AvgIpc) is 0.771. The summed E-state index contributed by atoms with van der Waals surface area (Å²) >= 11 is 0. The summed E-state index contributed by atoms with van der Waals surface area (Å²) in [6.07, 6.45) is -38.7. The fraction of sp³-hybridized carbons (Fsp3) is 1.00. The first-order valence-corrected chi connectivity index (χ1v) is 76.3. The number of hydrogen-bond donors (Lipinski definition) is 0. The van der Waals surface area contributed by atoms with Gasteiger partial charge in [0.25, 0.3) is 0 Å². The van der Waals surface area contributed by atoms with Crippen molar-refractivity contribution in [2.45, 2.75) is 526 Å². The third-order valence-corrected chi connectivity index (χ3v) is 71.8. The molecule has 0 aliphatic carbocycles. The lowest BCUT2D eigenvalue weighted by molar-refractivity contribution is -0.401. The Balaban J connectivity index is 1.48. The Morgan fingerprint density at radius 3 is 0.349 bits per heavy atom. The predicted molar refractivity (Wildman–Crippen MR) is 579 cm³/mol. The number of rotatable bonds is 36. The highest BCUT2D eigenvalue weighted by molar-refractivity contribution is 6.77. The Kier molecular flexibility index (Phi) is 46.0. The quantitative estimate of drug-likeness (QED) is 0.0526. The van der Waals surface area contributed by atoms with Gasteiger partial charge in [0.2, 0.25) is 0 Å². The van der Waals surface area contributed by atoms with Crippen molar-refractivity contribution < 1.29 is 163 Å². The largest absolute Gasteiger partial charge is 0.414 e. The lowest BCUT2D eigenvalue weighted by atomic mass is 9.94. The van der Waals surface area contributed by atoms with E-state index in [-0.39, 0.29) is 81.5 Å². The summed E-state index contributed by atoms with van der Waals surface area (Å²) in [4.78, 5) is 0. The molecule has 0 unspecified atom stereocenters. The van der Waals surface area contributed by atoms with Gasteiger partial charge in [0.1, 0.15) is 171 Å². The molecule has 0 saturated carbocycles. The molecule has 21 saturated heterocycles. The van der Waals surface area contributed by atoms with Crippen LogP contribution in [0.3, 0.4) is 0 Å². The van der Waals surface area contributed by atoms with Crippen LogP contribution < -0.4 is 0 Å². The normalized spacial score (nSPS) is 36.8. The van der Waals surface area contributed by atoms with Crippen LogP contribution in [0.4, 0.5) is 0 Å². The van der Waals surface area contributed by atoms with E-state index in [0.717, 1.165) is 0 Å². The van der Waals surface area contributed by atoms with E-state index >= 15 is 0 Å². The van der Waals surface area contributed by atoms with E-state index in [9.17, 15) is 0 Å². The molecular formula is C103H208O35Si8. The third kappa shape index (κ3) is 30.2. The van der Waals surface area contributed by atoms with Crippen LogP contribution in [0.15, 0.2) is 0 Å². The first-order valence-electron chi connectivity index (χ1n) is 53.1. The van der Waals surface area contributed by atoms with Gasteiger partial charge in [0.15, 0.2) is 111 Å². The monoisotopic (exact) mass is 2230 g/mol. The van der Waals surface area contributed by atoms with Gasteiger partial charge in [-0.3, -0.25) is 0 Å². The third-order valence-electron chi connectivity index (χ3n) is 35.9. The number of hydrogen-bond acceptors (Lipinski definition) is 35. The van der Waals surface area contributed by atoms with Crippen LogP contribution in [0.5, 0.6) is 0 Å². The van der Waals surface area contributed by atoms with E-state index in [0.29, 0.717) is 0 Å². The molecule has 0 aromatic rings. The topological polar surface area (TPSA) is 323 Å². The fourth-order valence-electron chi connectivity index (χ4n) is 17.6. The van der Waals surface area contributed by atoms with Crippen LogP contribution in [0.1, 0.15) is 166 Å². The van der Waals surface area contributed by atoms with Crippen LogP contribution in [-0.2, 0) is 163 Å². The molecule has 0 aromatic carbocycles. The van der Waals surface area contributed by atoms with Gasteiger partial charge in [-0.05, 0) is 145 Å². The molecule has 0 N–H and O–H groups in total. The maximum absolute atomic E-state index is 7.98. The maximum Gasteiger partial charge on any atom is 0.192 e. The van der Waals surface area contributed by atoms with Crippen molar-refractivity contribution in [3.63, 3.8) is 0 Å². The molecule has 21 heterocycles. The van der Waals surface area contributed by atoms with Crippen molar-refractivity contribution in [1.82, 2.24) is 0 Å². The van der Waals surface area contributed by atoms with Crippen LogP contribution in [0, 0.1) is 0 Å². The van der Waals surface area contributed by atoms with Gasteiger partial charge >= 0.3 is 0 Å². The zero-order valence-electron chi connectivity index (χ0n) is 100. The Morgan fingerprint density at radius 2 is 0.247 bits per heavy atom. The molecule has 21 aliphatic heterocycles. The smallest absolute Gasteiger partial charge is 0.192 e. The number of ether oxygens (including phenoxy) is 27. The van der Waals surface area contributed by atoms with Crippen molar-refractivity contribution in [2.75, 3.05) is 139 Å². The van der Waals surface area contributed by atoms with E-state index in [1.807, 2.05) is 0 Å². The summed E-state index contributed by atoms with van der Waals surface area (Å²) in [6.45, 7) is 87.6. The molecular weight excluding hydrogens is 2020 g/mol. The molecule has 146 heavy (non-hydrogen) atoms. The van der Waals surface area contributed by atoms with E-state index in [1.54, 1.807) is 92.4 Å². The fourth-order valence-corrected chi connectivity index (χ4v) is 26.0. The Labute approximate surface area is 889 Å². The van der Waals surface area contributed by atoms with Gasteiger partial charge in [-0.1, -0.05) is 166 Å². The SMILES string of the molecule is CO[C@@H]1[C@@H](OC)[C@H]2O[C@H]3[C@H](OC)[C@@H](OC)[C@@H](O[C@H]4[C@H](O[Si](C)(C)C(C)(C)C)[C@@H](OC)[C@@H](O[C@H]5[C@@H](OC)[C@H](OC)[C@@H](O[C@H]6[C@@H](OC)[C@H](OC)[C@@H](O[C@H]7[C@H](OC)[C@@H](OC)[C@@H](O[C@H]8[C@H](OC)[C@@H](OC)[C@@H](O[C@@H]1[C@H](CO[Si](C)(C)C(C)(C)C)O2)O[C@H]8CO[Si](C)(C)C(C)(C)C)O[C@@H]7CO[Si](C)(C)C(C)(C)C)O[C@@H]6CO[Si](C)(C)C(C)(C)C)O[C@@H]5CO[Si](C)(C)C(C)(C)C)O[C@H]4CO[Si](C)(C)C(C)(C)C)O[C@H]3CO[Si](C)(C)C(C)(C)C. The minimum atomic E-state index is -3.01. The second kappa shape index (κ2) is 51.1. The van der Waals surface area contributed by atoms with Crippen molar-refractivity contribution in [3.8, 4) is 0 Å². The van der Waals surface area contributed by atoms with Crippen LogP contribution in [-0.4, -0.2) is 420 Å². The van der Waals surface area contributed by atoms with Gasteiger partial charge in [0, 0.05) is 92.4 Å². The second-order valence-electron chi connectivity index (χ2n) is 53.5. The summed E-state index contributed by atoms with van der Waals surface area (Å²) in [6, 6.07) is 0. The Hall–Kier alpha value is 0.335. The zero-order valence-corrected chi connectivity index (χ0v) is 108. The average molecular weight is 2230 g/mol. The minimum absolute atomic E-state index is 0.0164. The van der Waals surface area contributed by atoms with Gasteiger partial charge in [0.05, 0.1) is 46.2 Å². The maximum atomic E-state index is 7.98. The standard InChI is InChI=1S/C103H208O35Si8/c1-96(2,3)139(38,39)117-54-61-68-75(104-25)83(111-32)90(125-61)133-70-63(56-119-141(42,43)98(7,8)9)127-92(85(113-34)77(70)106-27)135-72-65(58-121-143(46,47)100(13,14)15)129-94(87(115-36)79(72)108-29)137-74-67(60-123-145(50,51)102(19,20)21)130-95(88(116-37)81(74)138-146(52,53)103(22,23)24)136-73-66(59-122-144(48,49)101(16,17)18)128-93(86(114-35)80(73)109-30)134-71-64(57-120-142(44,45)99(10,11)12)126-91(84(112-33)78(71)107-28)132-69-62(55-118-140(40,41)97(4,5)6)124-89(131-68)82(110-31)76(69)105-26/h61-95H,54-60H2,1-53H3/t61-,62+,63-,64+,65-,66+,67-,68+,69+,70+,71+,72+,73+,74+,75-,76-,77-,78+,79-,80+,81-,82+,83+,84-,85+,86-,87+,88+,89+,90+,91+,92+,93+,94+,95+/m0/s1. The van der Waals surface area contributed by atoms with Crippen LogP contribution in [0.25, 0.3) is 0 Å². The van der Waals surface area contributed by atoms with Crippen molar-refractivity contribution in [2.24, 2.45) is 0 Å². The van der Waals surface area contributed by atoms with Crippen molar-refractivity contribution >= 4 is 66.5 Å². The Bertz CT molecular complexity index is 3770. The highest BCUT2D eigenvalue weighted by Gasteiger charge is 2.66. The van der Waals surface area contributed by atoms with Crippen molar-refractivity contribution in [1.29, 1.82) is 0 Å². The van der Waals surface area contributed by atoms with Gasteiger partial charge in [-0.15, -0.1) is 0 Å². The lowest BCUT2D eigenvalue weighted by Gasteiger charge is -2.54. The molecule has 43 heteroatoms. The molecule has 0 spiro atoms. The molecule has 21 rings (SSSR count). The summed E-state index contributed by atoms with van der Waals surface area (Å²) in [7, 11) is -1.03. The predicted octanol–water partition coefficient (Wildman–Crippen LogP) is 17.5. The van der Waals surface area contributed by atoms with E-state index in [1.165, 1.54) is 0 Å². The van der Waals surface area contributed by atoms with E-state index < -0.39 is 287 Å².